The van der Waals surface area contributed by atoms with Crippen molar-refractivity contribution in [3.63, 3.8) is 0 Å². The van der Waals surface area contributed by atoms with E-state index in [0.717, 1.165) is 26.1 Å². The molecule has 1 amide bonds. The van der Waals surface area contributed by atoms with Crippen LogP contribution in [0.4, 0.5) is 0 Å². The van der Waals surface area contributed by atoms with Crippen molar-refractivity contribution in [2.45, 2.75) is 32.4 Å². The Morgan fingerprint density at radius 3 is 2.81 bits per heavy atom. The van der Waals surface area contributed by atoms with Gasteiger partial charge in [0.15, 0.2) is 0 Å². The average molecular weight is 249 g/mol. The molecule has 3 atom stereocenters. The van der Waals surface area contributed by atoms with Gasteiger partial charge < -0.3 is 15.0 Å². The van der Waals surface area contributed by atoms with Crippen molar-refractivity contribution >= 4 is 18.3 Å². The van der Waals surface area contributed by atoms with Gasteiger partial charge in [0, 0.05) is 31.8 Å². The minimum atomic E-state index is 0. The topological polar surface area (TPSA) is 41.6 Å². The van der Waals surface area contributed by atoms with Gasteiger partial charge in [0.2, 0.25) is 5.91 Å². The number of nitrogens with one attached hydrogen (secondary N) is 1. The smallest absolute Gasteiger partial charge is 0.228 e. The number of nitrogens with zero attached hydrogens (tertiary/aromatic N) is 1. The van der Waals surface area contributed by atoms with Crippen molar-refractivity contribution in [2.24, 2.45) is 5.92 Å². The summed E-state index contributed by atoms with van der Waals surface area (Å²) in [6.07, 6.45) is 0.893. The molecule has 5 heteroatoms. The van der Waals surface area contributed by atoms with Gasteiger partial charge in [0.1, 0.15) is 0 Å². The molecule has 3 unspecified atom stereocenters. The van der Waals surface area contributed by atoms with Gasteiger partial charge in [-0.2, -0.15) is 0 Å². The fraction of sp³-hybridized carbons (Fsp3) is 0.909. The molecule has 2 aliphatic heterocycles. The molecular weight excluding hydrogens is 228 g/mol. The predicted octanol–water partition coefficient (Wildman–Crippen LogP) is 0.653. The van der Waals surface area contributed by atoms with Crippen LogP contribution in [0, 0.1) is 5.92 Å². The van der Waals surface area contributed by atoms with Gasteiger partial charge >= 0.3 is 0 Å². The Morgan fingerprint density at radius 1 is 1.44 bits per heavy atom. The molecule has 2 aliphatic rings. The lowest BCUT2D eigenvalue weighted by atomic mass is 10.0. The Bertz CT molecular complexity index is 244. The van der Waals surface area contributed by atoms with E-state index >= 15 is 0 Å². The molecule has 1 N–H and O–H groups in total. The molecule has 2 fully saturated rings. The summed E-state index contributed by atoms with van der Waals surface area (Å²) in [4.78, 5) is 14.2. The molecule has 16 heavy (non-hydrogen) atoms. The van der Waals surface area contributed by atoms with Gasteiger partial charge in [-0.3, -0.25) is 4.79 Å². The maximum absolute atomic E-state index is 12.2. The Morgan fingerprint density at radius 2 is 2.19 bits per heavy atom. The van der Waals surface area contributed by atoms with E-state index in [-0.39, 0.29) is 24.2 Å². The first-order valence-electron chi connectivity index (χ1n) is 5.80. The summed E-state index contributed by atoms with van der Waals surface area (Å²) in [5, 5.41) is 3.38. The number of piperazine rings is 1. The molecule has 0 aromatic carbocycles. The lowest BCUT2D eigenvalue weighted by molar-refractivity contribution is -0.139. The van der Waals surface area contributed by atoms with E-state index in [1.54, 1.807) is 0 Å². The molecule has 2 rings (SSSR count). The van der Waals surface area contributed by atoms with Crippen LogP contribution in [0.15, 0.2) is 0 Å². The Kier molecular flexibility index (Phi) is 5.02. The third kappa shape index (κ3) is 2.87. The maximum Gasteiger partial charge on any atom is 0.228 e. The van der Waals surface area contributed by atoms with Gasteiger partial charge in [-0.1, -0.05) is 0 Å². The number of ether oxygens (including phenoxy) is 1. The number of hydrogen-bond acceptors (Lipinski definition) is 3. The number of hydrogen-bond donors (Lipinski definition) is 1. The second-order valence-corrected chi connectivity index (χ2v) is 4.71. The summed E-state index contributed by atoms with van der Waals surface area (Å²) in [6.45, 7) is 7.32. The molecule has 94 valence electrons. The quantitative estimate of drug-likeness (QED) is 0.741. The van der Waals surface area contributed by atoms with E-state index in [9.17, 15) is 4.79 Å². The van der Waals surface area contributed by atoms with Crippen LogP contribution in [0.1, 0.15) is 20.3 Å². The zero-order chi connectivity index (χ0) is 10.8. The Balaban J connectivity index is 0.00000128. The van der Waals surface area contributed by atoms with Crippen molar-refractivity contribution in [3.8, 4) is 0 Å². The highest BCUT2D eigenvalue weighted by molar-refractivity contribution is 5.85. The highest BCUT2D eigenvalue weighted by Crippen LogP contribution is 2.18. The first-order chi connectivity index (χ1) is 7.18. The van der Waals surface area contributed by atoms with Crippen LogP contribution in [0.2, 0.25) is 0 Å². The standard InChI is InChI=1S/C11H20N2O2.ClH/c1-8-6-13(9(2)5-12-8)11(14)10-3-4-15-7-10;/h8-10,12H,3-7H2,1-2H3;1H. The van der Waals surface area contributed by atoms with Crippen molar-refractivity contribution in [2.75, 3.05) is 26.3 Å². The largest absolute Gasteiger partial charge is 0.381 e. The van der Waals surface area contributed by atoms with Gasteiger partial charge in [-0.05, 0) is 20.3 Å². The van der Waals surface area contributed by atoms with E-state index in [2.05, 4.69) is 19.2 Å². The number of halogens is 1. The van der Waals surface area contributed by atoms with Crippen molar-refractivity contribution in [1.29, 1.82) is 0 Å². The highest BCUT2D eigenvalue weighted by atomic mass is 35.5. The number of carbonyl (C=O) groups excluding carboxylic acids is 1. The van der Waals surface area contributed by atoms with Gasteiger partial charge in [0.05, 0.1) is 12.5 Å². The van der Waals surface area contributed by atoms with E-state index in [4.69, 9.17) is 4.74 Å². The molecule has 0 aromatic rings. The van der Waals surface area contributed by atoms with E-state index in [0.29, 0.717) is 18.7 Å². The van der Waals surface area contributed by atoms with Crippen molar-refractivity contribution in [1.82, 2.24) is 10.2 Å². The molecule has 0 aromatic heterocycles. The third-order valence-electron chi connectivity index (χ3n) is 3.33. The normalized spacial score (nSPS) is 34.6. The second-order valence-electron chi connectivity index (χ2n) is 4.71. The first-order valence-corrected chi connectivity index (χ1v) is 5.80. The molecule has 0 aliphatic carbocycles. The van der Waals surface area contributed by atoms with Crippen LogP contribution >= 0.6 is 12.4 Å². The lowest BCUT2D eigenvalue weighted by Gasteiger charge is -2.38. The van der Waals surface area contributed by atoms with Crippen molar-refractivity contribution < 1.29 is 9.53 Å². The van der Waals surface area contributed by atoms with Crippen LogP contribution < -0.4 is 5.32 Å². The van der Waals surface area contributed by atoms with Crippen LogP contribution in [0.25, 0.3) is 0 Å². The molecular formula is C11H21ClN2O2. The molecule has 4 nitrogen and oxygen atoms in total. The van der Waals surface area contributed by atoms with Gasteiger partial charge in [-0.15, -0.1) is 12.4 Å². The summed E-state index contributed by atoms with van der Waals surface area (Å²) in [5.41, 5.74) is 0. The summed E-state index contributed by atoms with van der Waals surface area (Å²) >= 11 is 0. The third-order valence-corrected chi connectivity index (χ3v) is 3.33. The summed E-state index contributed by atoms with van der Waals surface area (Å²) in [6, 6.07) is 0.724. The highest BCUT2D eigenvalue weighted by Gasteiger charge is 2.33. The average Bonchev–Trinajstić information content (AvgIpc) is 2.74. The zero-order valence-corrected chi connectivity index (χ0v) is 10.8. The molecule has 0 bridgehead atoms. The summed E-state index contributed by atoms with van der Waals surface area (Å²) in [5.74, 6) is 0.395. The fourth-order valence-electron chi connectivity index (χ4n) is 2.29. The van der Waals surface area contributed by atoms with Gasteiger partial charge in [0.25, 0.3) is 0 Å². The maximum atomic E-state index is 12.2. The number of carbonyl (C=O) groups is 1. The number of rotatable bonds is 1. The van der Waals surface area contributed by atoms with Gasteiger partial charge in [-0.25, -0.2) is 0 Å². The predicted molar refractivity (Wildman–Crippen MR) is 64.8 cm³/mol. The minimum absolute atomic E-state index is 0. The van der Waals surface area contributed by atoms with E-state index in [1.165, 1.54) is 0 Å². The summed E-state index contributed by atoms with van der Waals surface area (Å²) in [7, 11) is 0. The van der Waals surface area contributed by atoms with Crippen LogP contribution in [0.3, 0.4) is 0 Å². The van der Waals surface area contributed by atoms with E-state index in [1.807, 2.05) is 4.90 Å². The summed E-state index contributed by atoms with van der Waals surface area (Å²) < 4.78 is 5.27. The monoisotopic (exact) mass is 248 g/mol. The zero-order valence-electron chi connectivity index (χ0n) is 9.94. The fourth-order valence-corrected chi connectivity index (χ4v) is 2.29. The molecule has 2 saturated heterocycles. The lowest BCUT2D eigenvalue weighted by Crippen LogP contribution is -2.57. The molecule has 2 heterocycles. The number of amides is 1. The molecule has 0 radical (unpaired) electrons. The minimum Gasteiger partial charge on any atom is -0.381 e. The molecule has 0 saturated carbocycles. The molecule has 0 spiro atoms. The van der Waals surface area contributed by atoms with E-state index < -0.39 is 0 Å². The Labute approximate surface area is 103 Å². The first kappa shape index (κ1) is 13.7. The van der Waals surface area contributed by atoms with Crippen LogP contribution in [-0.2, 0) is 9.53 Å². The van der Waals surface area contributed by atoms with Crippen LogP contribution in [-0.4, -0.2) is 49.2 Å². The Hall–Kier alpha value is -0.320. The van der Waals surface area contributed by atoms with Crippen LogP contribution in [0.5, 0.6) is 0 Å². The van der Waals surface area contributed by atoms with Crippen molar-refractivity contribution in [3.05, 3.63) is 0 Å². The SMILES string of the molecule is CC1CN(C(=O)C2CCOC2)C(C)CN1.Cl. The second kappa shape index (κ2) is 5.84.